The molecule has 44 heavy (non-hydrogen) atoms. The molecule has 0 aliphatic carbocycles. The molecule has 3 heterocycles. The number of rotatable bonds is 2. The van der Waals surface area contributed by atoms with Crippen molar-refractivity contribution in [2.45, 2.75) is 50.4 Å². The van der Waals surface area contributed by atoms with Gasteiger partial charge in [-0.15, -0.1) is 0 Å². The van der Waals surface area contributed by atoms with E-state index in [0.29, 0.717) is 0 Å². The number of carbonyl (C=O) groups is 3. The van der Waals surface area contributed by atoms with E-state index in [1.165, 1.54) is 6.07 Å². The van der Waals surface area contributed by atoms with Gasteiger partial charge in [-0.3, -0.25) is 4.90 Å². The van der Waals surface area contributed by atoms with Crippen LogP contribution in [0.1, 0.15) is 25.6 Å². The summed E-state index contributed by atoms with van der Waals surface area (Å²) in [5, 5.41) is 24.8. The maximum atomic E-state index is 13.6. The van der Waals surface area contributed by atoms with E-state index in [1.54, 1.807) is 12.1 Å². The lowest BCUT2D eigenvalue weighted by Gasteiger charge is -2.49. The predicted molar refractivity (Wildman–Crippen MR) is 130 cm³/mol. The van der Waals surface area contributed by atoms with E-state index in [4.69, 9.17) is 34.7 Å². The zero-order valence-corrected chi connectivity index (χ0v) is 22.5. The minimum atomic E-state index is -5.08. The van der Waals surface area contributed by atoms with Crippen molar-refractivity contribution < 1.29 is 73.6 Å². The average Bonchev–Trinajstić information content (AvgIpc) is 3.34. The molecule has 2 aromatic rings. The quantitative estimate of drug-likeness (QED) is 0.344. The van der Waals surface area contributed by atoms with Crippen LogP contribution in [0.2, 0.25) is 0 Å². The second-order valence-corrected chi connectivity index (χ2v) is 8.90. The number of aliphatic carboxylic acids is 3. The Balaban J connectivity index is 0.000000379. The molecule has 1 aromatic heterocycles. The predicted octanol–water partition coefficient (Wildman–Crippen LogP) is 4.50. The first-order chi connectivity index (χ1) is 20.1. The molecule has 0 radical (unpaired) electrons. The fourth-order valence-electron chi connectivity index (χ4n) is 4.27. The first-order valence-corrected chi connectivity index (χ1v) is 12.3. The summed E-state index contributed by atoms with van der Waals surface area (Å²) in [6.45, 7) is 7.28. The monoisotopic (exact) mass is 656 g/mol. The zero-order chi connectivity index (χ0) is 34.1. The summed E-state index contributed by atoms with van der Waals surface area (Å²) in [6.07, 6.45) is -11.2. The molecule has 2 aliphatic heterocycles. The number of carboxylic acid groups (broad SMARTS) is 3. The molecule has 1 aromatic carbocycles. The summed E-state index contributed by atoms with van der Waals surface area (Å²) in [5.74, 6) is -7.31. The van der Waals surface area contributed by atoms with Crippen molar-refractivity contribution in [2.75, 3.05) is 26.2 Å². The molecular formula is C24H26F10N4O6. The summed E-state index contributed by atoms with van der Waals surface area (Å²) in [7, 11) is 0. The van der Waals surface area contributed by atoms with Crippen LogP contribution in [0.25, 0.3) is 11.3 Å². The molecule has 0 unspecified atom stereocenters. The summed E-state index contributed by atoms with van der Waals surface area (Å²) in [6, 6.07) is 6.83. The molecular weight excluding hydrogens is 630 g/mol. The van der Waals surface area contributed by atoms with E-state index >= 15 is 0 Å². The van der Waals surface area contributed by atoms with Crippen molar-refractivity contribution in [1.82, 2.24) is 19.8 Å². The standard InChI is InChI=1S/C18H23FN4.3C2HF3O2/c1-2-22-10-11-23-16(14-4-3-5-15(19)12-14)13-21-17(23)18(22)6-8-20-9-7-18;3*3-2(4,5)1(6)7/h3-5,12-13,20H,2,6-11H2,1H3;3*(H,6,7). The molecule has 20 heteroatoms. The number of hydrogen-bond donors (Lipinski definition) is 4. The van der Waals surface area contributed by atoms with Crippen LogP contribution in [-0.2, 0) is 26.5 Å². The van der Waals surface area contributed by atoms with E-state index in [-0.39, 0.29) is 11.4 Å². The minimum Gasteiger partial charge on any atom is -0.475 e. The molecule has 10 nitrogen and oxygen atoms in total. The van der Waals surface area contributed by atoms with Gasteiger partial charge in [0.05, 0.1) is 17.4 Å². The van der Waals surface area contributed by atoms with Crippen LogP contribution in [-0.4, -0.2) is 92.4 Å². The third-order valence-corrected chi connectivity index (χ3v) is 6.13. The van der Waals surface area contributed by atoms with Gasteiger partial charge in [0.1, 0.15) is 11.6 Å². The van der Waals surface area contributed by atoms with Crippen LogP contribution >= 0.6 is 0 Å². The van der Waals surface area contributed by atoms with Gasteiger partial charge in [0.25, 0.3) is 0 Å². The second-order valence-electron chi connectivity index (χ2n) is 8.90. The number of hydrogen-bond acceptors (Lipinski definition) is 6. The van der Waals surface area contributed by atoms with Gasteiger partial charge in [0.2, 0.25) is 0 Å². The van der Waals surface area contributed by atoms with Crippen LogP contribution in [0.3, 0.4) is 0 Å². The minimum absolute atomic E-state index is 0.0316. The summed E-state index contributed by atoms with van der Waals surface area (Å²) in [5.41, 5.74) is 1.98. The number of benzene rings is 1. The number of nitrogens with zero attached hydrogens (tertiary/aromatic N) is 3. The maximum Gasteiger partial charge on any atom is 0.490 e. The number of nitrogens with one attached hydrogen (secondary N) is 1. The van der Waals surface area contributed by atoms with Crippen molar-refractivity contribution >= 4 is 17.9 Å². The molecule has 0 atom stereocenters. The fourth-order valence-corrected chi connectivity index (χ4v) is 4.27. The number of fused-ring (bicyclic) bond motifs is 2. The highest BCUT2D eigenvalue weighted by molar-refractivity contribution is 5.73. The van der Waals surface area contributed by atoms with Gasteiger partial charge >= 0.3 is 36.4 Å². The number of aromatic nitrogens is 2. The highest BCUT2D eigenvalue weighted by atomic mass is 19.4. The maximum absolute atomic E-state index is 13.6. The molecule has 2 aliphatic rings. The molecule has 4 rings (SSSR count). The third kappa shape index (κ3) is 10.6. The number of carboxylic acids is 3. The lowest BCUT2D eigenvalue weighted by molar-refractivity contribution is -0.193. The lowest BCUT2D eigenvalue weighted by atomic mass is 9.84. The Morgan fingerprint density at radius 1 is 0.864 bits per heavy atom. The van der Waals surface area contributed by atoms with Crippen LogP contribution < -0.4 is 5.32 Å². The van der Waals surface area contributed by atoms with Gasteiger partial charge in [0, 0.05) is 18.7 Å². The van der Waals surface area contributed by atoms with Gasteiger partial charge in [-0.1, -0.05) is 19.1 Å². The number of likely N-dealkylation sites (N-methyl/N-ethyl adjacent to an activating group) is 1. The SMILES string of the molecule is CCN1CCn2c(-c3cccc(F)c3)cnc2C12CCNCC2.O=C(O)C(F)(F)F.O=C(O)C(F)(F)F.O=C(O)C(F)(F)F. The highest BCUT2D eigenvalue weighted by Crippen LogP contribution is 2.40. The van der Waals surface area contributed by atoms with Crippen LogP contribution in [0.4, 0.5) is 43.9 Å². The Morgan fingerprint density at radius 3 is 1.70 bits per heavy atom. The summed E-state index contributed by atoms with van der Waals surface area (Å²) in [4.78, 5) is 34.1. The molecule has 0 saturated carbocycles. The fraction of sp³-hybridized carbons (Fsp3) is 0.500. The van der Waals surface area contributed by atoms with Gasteiger partial charge in [0.15, 0.2) is 0 Å². The smallest absolute Gasteiger partial charge is 0.475 e. The largest absolute Gasteiger partial charge is 0.490 e. The van der Waals surface area contributed by atoms with E-state index in [9.17, 15) is 43.9 Å². The molecule has 1 saturated heterocycles. The average molecular weight is 656 g/mol. The lowest BCUT2D eigenvalue weighted by Crippen LogP contribution is -2.57. The van der Waals surface area contributed by atoms with Crippen molar-refractivity contribution in [1.29, 1.82) is 0 Å². The second kappa shape index (κ2) is 15.2. The van der Waals surface area contributed by atoms with Crippen LogP contribution in [0, 0.1) is 5.82 Å². The molecule has 1 spiro atoms. The number of imidazole rings is 1. The zero-order valence-electron chi connectivity index (χ0n) is 22.5. The van der Waals surface area contributed by atoms with E-state index in [1.807, 2.05) is 12.3 Å². The number of halogens is 10. The Hall–Kier alpha value is -3.94. The van der Waals surface area contributed by atoms with Crippen LogP contribution in [0.5, 0.6) is 0 Å². The Labute approximate surface area is 241 Å². The van der Waals surface area contributed by atoms with Gasteiger partial charge < -0.3 is 25.2 Å². The van der Waals surface area contributed by atoms with Gasteiger partial charge in [-0.25, -0.2) is 23.8 Å². The normalized spacial score (nSPS) is 16.2. The van der Waals surface area contributed by atoms with Gasteiger partial charge in [-0.2, -0.15) is 39.5 Å². The first kappa shape index (κ1) is 38.1. The Morgan fingerprint density at radius 2 is 1.32 bits per heavy atom. The van der Waals surface area contributed by atoms with Crippen molar-refractivity contribution in [3.05, 3.63) is 42.1 Å². The summed E-state index contributed by atoms with van der Waals surface area (Å²) < 4.78 is 111. The Kier molecular flexibility index (Phi) is 13.1. The van der Waals surface area contributed by atoms with Crippen molar-refractivity contribution in [2.24, 2.45) is 0 Å². The molecule has 248 valence electrons. The number of piperidine rings is 1. The van der Waals surface area contributed by atoms with Crippen LogP contribution in [0.15, 0.2) is 30.5 Å². The Bertz CT molecular complexity index is 1210. The summed E-state index contributed by atoms with van der Waals surface area (Å²) >= 11 is 0. The van der Waals surface area contributed by atoms with E-state index in [2.05, 4.69) is 21.7 Å². The molecule has 0 amide bonds. The van der Waals surface area contributed by atoms with E-state index < -0.39 is 36.4 Å². The topological polar surface area (TPSA) is 145 Å². The molecule has 0 bridgehead atoms. The number of alkyl halides is 9. The van der Waals surface area contributed by atoms with E-state index in [0.717, 1.165) is 62.6 Å². The molecule has 4 N–H and O–H groups in total. The van der Waals surface area contributed by atoms with Crippen molar-refractivity contribution in [3.8, 4) is 11.3 Å². The highest BCUT2D eigenvalue weighted by Gasteiger charge is 2.45. The molecule has 1 fully saturated rings. The third-order valence-electron chi connectivity index (χ3n) is 6.13. The van der Waals surface area contributed by atoms with Crippen molar-refractivity contribution in [3.63, 3.8) is 0 Å². The first-order valence-electron chi connectivity index (χ1n) is 12.3. The van der Waals surface area contributed by atoms with Gasteiger partial charge in [-0.05, 0) is 44.6 Å².